The zero-order valence-electron chi connectivity index (χ0n) is 14.9. The summed E-state index contributed by atoms with van der Waals surface area (Å²) in [4.78, 5) is 25.1. The Hall–Kier alpha value is -3.93. The lowest BCUT2D eigenvalue weighted by Gasteiger charge is -2.29. The highest BCUT2D eigenvalue weighted by Gasteiger charge is 2.32. The van der Waals surface area contributed by atoms with Crippen molar-refractivity contribution in [3.05, 3.63) is 96.1 Å². The lowest BCUT2D eigenvalue weighted by molar-refractivity contribution is 0.242. The first-order chi connectivity index (χ1) is 13.8. The fraction of sp³-hybridized carbons (Fsp3) is 0.0455. The van der Waals surface area contributed by atoms with Crippen LogP contribution in [0.5, 0.6) is 0 Å². The van der Waals surface area contributed by atoms with Gasteiger partial charge in [-0.15, -0.1) is 0 Å². The van der Waals surface area contributed by atoms with Crippen LogP contribution in [-0.2, 0) is 0 Å². The topological polar surface area (TPSA) is 82.7 Å². The highest BCUT2D eigenvalue weighted by molar-refractivity contribution is 6.02. The summed E-state index contributed by atoms with van der Waals surface area (Å²) in [5, 5.41) is 5.96. The lowest BCUT2D eigenvalue weighted by Crippen LogP contribution is -2.43. The van der Waals surface area contributed by atoms with Crippen LogP contribution in [0.2, 0.25) is 0 Å². The fourth-order valence-corrected chi connectivity index (χ4v) is 3.50. The summed E-state index contributed by atoms with van der Waals surface area (Å²) in [6.45, 7) is 0. The summed E-state index contributed by atoms with van der Waals surface area (Å²) < 4.78 is 0. The highest BCUT2D eigenvalue weighted by atomic mass is 16.2. The number of carbonyl (C=O) groups is 1. The molecule has 136 valence electrons. The SMILES string of the molecule is O=C1NC(c2ccccc2)=C(c2nc3ccccc3[nH]2)[C@H](c2ccccn2)N1. The predicted molar refractivity (Wildman–Crippen MR) is 108 cm³/mol. The number of rotatable bonds is 3. The molecular formula is C22H17N5O. The minimum absolute atomic E-state index is 0.269. The van der Waals surface area contributed by atoms with Crippen molar-refractivity contribution in [3.8, 4) is 0 Å². The fourth-order valence-electron chi connectivity index (χ4n) is 3.50. The number of amides is 2. The molecule has 2 amide bonds. The van der Waals surface area contributed by atoms with Gasteiger partial charge in [-0.1, -0.05) is 48.5 Å². The Morgan fingerprint density at radius 3 is 2.43 bits per heavy atom. The van der Waals surface area contributed by atoms with Gasteiger partial charge in [0.2, 0.25) is 0 Å². The number of urea groups is 1. The third kappa shape index (κ3) is 2.81. The maximum absolute atomic E-state index is 12.5. The minimum Gasteiger partial charge on any atom is -0.338 e. The average molecular weight is 367 g/mol. The Morgan fingerprint density at radius 2 is 1.64 bits per heavy atom. The van der Waals surface area contributed by atoms with Gasteiger partial charge in [0.05, 0.1) is 22.4 Å². The van der Waals surface area contributed by atoms with E-state index in [0.717, 1.165) is 33.6 Å². The van der Waals surface area contributed by atoms with Crippen molar-refractivity contribution in [1.82, 2.24) is 25.6 Å². The second kappa shape index (κ2) is 6.66. The number of pyridine rings is 1. The van der Waals surface area contributed by atoms with Gasteiger partial charge in [-0.2, -0.15) is 0 Å². The normalized spacial score (nSPS) is 16.7. The molecule has 3 heterocycles. The molecule has 4 aromatic rings. The minimum atomic E-state index is -0.425. The first-order valence-corrected chi connectivity index (χ1v) is 9.03. The van der Waals surface area contributed by atoms with Crippen LogP contribution in [0, 0.1) is 0 Å². The quantitative estimate of drug-likeness (QED) is 0.514. The van der Waals surface area contributed by atoms with Crippen molar-refractivity contribution < 1.29 is 4.79 Å². The largest absolute Gasteiger partial charge is 0.338 e. The van der Waals surface area contributed by atoms with Crippen LogP contribution in [0.4, 0.5) is 4.79 Å². The van der Waals surface area contributed by atoms with Crippen molar-refractivity contribution in [2.45, 2.75) is 6.04 Å². The van der Waals surface area contributed by atoms with E-state index < -0.39 is 6.04 Å². The van der Waals surface area contributed by atoms with Crippen molar-refractivity contribution >= 4 is 28.3 Å². The van der Waals surface area contributed by atoms with Crippen LogP contribution >= 0.6 is 0 Å². The third-order valence-corrected chi connectivity index (χ3v) is 4.76. The van der Waals surface area contributed by atoms with Gasteiger partial charge in [-0.25, -0.2) is 9.78 Å². The van der Waals surface area contributed by atoms with E-state index in [1.54, 1.807) is 6.20 Å². The molecule has 0 fully saturated rings. The van der Waals surface area contributed by atoms with Crippen LogP contribution in [0.15, 0.2) is 79.0 Å². The number of carbonyl (C=O) groups excluding carboxylic acids is 1. The number of aromatic amines is 1. The van der Waals surface area contributed by atoms with Crippen LogP contribution in [0.1, 0.15) is 23.1 Å². The Morgan fingerprint density at radius 1 is 0.857 bits per heavy atom. The van der Waals surface area contributed by atoms with E-state index in [1.165, 1.54) is 0 Å². The van der Waals surface area contributed by atoms with E-state index in [1.807, 2.05) is 72.8 Å². The van der Waals surface area contributed by atoms with E-state index in [9.17, 15) is 4.79 Å². The van der Waals surface area contributed by atoms with E-state index in [4.69, 9.17) is 4.98 Å². The van der Waals surface area contributed by atoms with E-state index >= 15 is 0 Å². The molecule has 0 bridgehead atoms. The van der Waals surface area contributed by atoms with Crippen LogP contribution in [-0.4, -0.2) is 21.0 Å². The van der Waals surface area contributed by atoms with Gasteiger partial charge >= 0.3 is 6.03 Å². The monoisotopic (exact) mass is 367 g/mol. The van der Waals surface area contributed by atoms with Gasteiger partial charge in [0.1, 0.15) is 11.9 Å². The molecule has 1 aliphatic rings. The average Bonchev–Trinajstić information content (AvgIpc) is 3.18. The molecule has 0 radical (unpaired) electrons. The Bertz CT molecular complexity index is 1150. The number of nitrogens with one attached hydrogen (secondary N) is 3. The van der Waals surface area contributed by atoms with Gasteiger partial charge in [0.15, 0.2) is 0 Å². The van der Waals surface area contributed by atoms with E-state index in [0.29, 0.717) is 5.82 Å². The Balaban J connectivity index is 1.78. The molecular weight excluding hydrogens is 350 g/mol. The predicted octanol–water partition coefficient (Wildman–Crippen LogP) is 3.88. The molecule has 3 N–H and O–H groups in total. The van der Waals surface area contributed by atoms with Crippen LogP contribution in [0.25, 0.3) is 22.3 Å². The molecule has 0 unspecified atom stereocenters. The Kier molecular flexibility index (Phi) is 3.87. The molecule has 0 saturated carbocycles. The van der Waals surface area contributed by atoms with E-state index in [2.05, 4.69) is 20.6 Å². The number of H-pyrrole nitrogens is 1. The smallest absolute Gasteiger partial charge is 0.320 e. The summed E-state index contributed by atoms with van der Waals surface area (Å²) >= 11 is 0. The maximum Gasteiger partial charge on any atom is 0.320 e. The summed E-state index contributed by atoms with van der Waals surface area (Å²) in [5.41, 5.74) is 5.04. The second-order valence-corrected chi connectivity index (χ2v) is 6.54. The molecule has 6 heteroatoms. The zero-order chi connectivity index (χ0) is 18.9. The molecule has 0 saturated heterocycles. The number of para-hydroxylation sites is 2. The van der Waals surface area contributed by atoms with Gasteiger partial charge in [0.25, 0.3) is 0 Å². The molecule has 28 heavy (non-hydrogen) atoms. The number of aromatic nitrogens is 3. The van der Waals surface area contributed by atoms with Gasteiger partial charge < -0.3 is 15.6 Å². The Labute approximate surface area is 161 Å². The lowest BCUT2D eigenvalue weighted by atomic mass is 9.95. The van der Waals surface area contributed by atoms with Gasteiger partial charge in [0, 0.05) is 11.8 Å². The second-order valence-electron chi connectivity index (χ2n) is 6.54. The highest BCUT2D eigenvalue weighted by Crippen LogP contribution is 2.36. The molecule has 2 aromatic heterocycles. The molecule has 6 nitrogen and oxygen atoms in total. The number of nitrogens with zero attached hydrogens (tertiary/aromatic N) is 2. The number of hydrogen-bond donors (Lipinski definition) is 3. The number of hydrogen-bond acceptors (Lipinski definition) is 3. The summed E-state index contributed by atoms with van der Waals surface area (Å²) in [7, 11) is 0. The molecule has 0 aliphatic carbocycles. The van der Waals surface area contributed by atoms with Crippen molar-refractivity contribution in [1.29, 1.82) is 0 Å². The maximum atomic E-state index is 12.5. The first kappa shape index (κ1) is 16.3. The van der Waals surface area contributed by atoms with Gasteiger partial charge in [-0.05, 0) is 29.8 Å². The molecule has 2 aromatic carbocycles. The summed E-state index contributed by atoms with van der Waals surface area (Å²) in [6, 6.07) is 22.6. The molecule has 1 aliphatic heterocycles. The van der Waals surface area contributed by atoms with Gasteiger partial charge in [-0.3, -0.25) is 4.98 Å². The van der Waals surface area contributed by atoms with Crippen LogP contribution in [0.3, 0.4) is 0 Å². The van der Waals surface area contributed by atoms with E-state index in [-0.39, 0.29) is 6.03 Å². The number of benzene rings is 2. The van der Waals surface area contributed by atoms with Crippen LogP contribution < -0.4 is 10.6 Å². The summed E-state index contributed by atoms with van der Waals surface area (Å²) in [6.07, 6.45) is 1.72. The molecule has 5 rings (SSSR count). The molecule has 0 spiro atoms. The third-order valence-electron chi connectivity index (χ3n) is 4.76. The standard InChI is InChI=1S/C22H17N5O/c28-22-26-19(14-8-2-1-3-9-14)18(20(27-22)17-12-6-7-13-23-17)21-24-15-10-4-5-11-16(15)25-21/h1-13,20H,(H,24,25)(H2,26,27,28)/t20-/m0/s1. The van der Waals surface area contributed by atoms with Crippen molar-refractivity contribution in [2.24, 2.45) is 0 Å². The first-order valence-electron chi connectivity index (χ1n) is 9.03. The molecule has 1 atom stereocenters. The zero-order valence-corrected chi connectivity index (χ0v) is 14.9. The summed E-state index contributed by atoms with van der Waals surface area (Å²) in [5.74, 6) is 0.697. The number of fused-ring (bicyclic) bond motifs is 1. The van der Waals surface area contributed by atoms with Crippen molar-refractivity contribution in [3.63, 3.8) is 0 Å². The number of imidazole rings is 1. The van der Waals surface area contributed by atoms with Crippen molar-refractivity contribution in [2.75, 3.05) is 0 Å².